The van der Waals surface area contributed by atoms with Gasteiger partial charge in [0.15, 0.2) is 0 Å². The molecule has 5 rings (SSSR count). The van der Waals surface area contributed by atoms with E-state index in [4.69, 9.17) is 11.6 Å². The number of nitrogens with zero attached hydrogens (tertiary/aromatic N) is 1. The highest BCUT2D eigenvalue weighted by Crippen LogP contribution is 2.53. The fourth-order valence-corrected chi connectivity index (χ4v) is 4.21. The van der Waals surface area contributed by atoms with Gasteiger partial charge < -0.3 is 10.0 Å². The van der Waals surface area contributed by atoms with Gasteiger partial charge in [0.05, 0.1) is 11.4 Å². The van der Waals surface area contributed by atoms with Crippen LogP contribution in [0.15, 0.2) is 103 Å². The molecule has 136 valence electrons. The SMILES string of the molecule is OC1(c2ccc(Cl)cc2)c2ccccc2N(c2ccccc2)c2ccccc21. The first kappa shape index (κ1) is 17.1. The van der Waals surface area contributed by atoms with Crippen molar-refractivity contribution >= 4 is 28.7 Å². The zero-order chi connectivity index (χ0) is 19.1. The van der Waals surface area contributed by atoms with Gasteiger partial charge in [-0.2, -0.15) is 0 Å². The molecule has 4 aromatic rings. The van der Waals surface area contributed by atoms with Crippen molar-refractivity contribution in [3.63, 3.8) is 0 Å². The Morgan fingerprint density at radius 1 is 0.607 bits per heavy atom. The summed E-state index contributed by atoms with van der Waals surface area (Å²) in [5.41, 5.74) is 4.21. The Morgan fingerprint density at radius 3 is 1.68 bits per heavy atom. The molecule has 0 radical (unpaired) electrons. The molecule has 0 saturated heterocycles. The van der Waals surface area contributed by atoms with E-state index in [0.717, 1.165) is 33.8 Å². The summed E-state index contributed by atoms with van der Waals surface area (Å²) in [4.78, 5) is 2.20. The number of fused-ring (bicyclic) bond motifs is 2. The van der Waals surface area contributed by atoms with Crippen LogP contribution < -0.4 is 4.90 Å². The van der Waals surface area contributed by atoms with Crippen LogP contribution in [-0.4, -0.2) is 5.11 Å². The molecule has 2 nitrogen and oxygen atoms in total. The third-order valence-corrected chi connectivity index (χ3v) is 5.60. The number of benzene rings is 4. The molecule has 0 saturated carbocycles. The predicted molar refractivity (Wildman–Crippen MR) is 115 cm³/mol. The van der Waals surface area contributed by atoms with Crippen molar-refractivity contribution in [2.75, 3.05) is 4.90 Å². The van der Waals surface area contributed by atoms with Crippen LogP contribution in [0, 0.1) is 0 Å². The van der Waals surface area contributed by atoms with Gasteiger partial charge in [0, 0.05) is 21.8 Å². The van der Waals surface area contributed by atoms with Gasteiger partial charge >= 0.3 is 0 Å². The predicted octanol–water partition coefficient (Wildman–Crippen LogP) is 6.41. The minimum absolute atomic E-state index is 0.649. The molecule has 28 heavy (non-hydrogen) atoms. The lowest BCUT2D eigenvalue weighted by Gasteiger charge is -2.42. The Morgan fingerprint density at radius 2 is 1.11 bits per heavy atom. The first-order valence-corrected chi connectivity index (χ1v) is 9.60. The Hall–Kier alpha value is -3.07. The Kier molecular flexibility index (Phi) is 3.97. The van der Waals surface area contributed by atoms with Crippen molar-refractivity contribution < 1.29 is 5.11 Å². The smallest absolute Gasteiger partial charge is 0.144 e. The molecular weight excluding hydrogens is 366 g/mol. The molecule has 0 spiro atoms. The van der Waals surface area contributed by atoms with Crippen LogP contribution in [0.4, 0.5) is 17.1 Å². The maximum atomic E-state index is 12.1. The van der Waals surface area contributed by atoms with E-state index < -0.39 is 5.60 Å². The summed E-state index contributed by atoms with van der Waals surface area (Å²) in [6.45, 7) is 0. The average Bonchev–Trinajstić information content (AvgIpc) is 2.75. The highest BCUT2D eigenvalue weighted by Gasteiger charge is 2.43. The first-order chi connectivity index (χ1) is 13.7. The lowest BCUT2D eigenvalue weighted by atomic mass is 9.76. The van der Waals surface area contributed by atoms with Gasteiger partial charge in [-0.15, -0.1) is 0 Å². The summed E-state index contributed by atoms with van der Waals surface area (Å²) < 4.78 is 0. The molecule has 0 bridgehead atoms. The van der Waals surface area contributed by atoms with Gasteiger partial charge in [-0.3, -0.25) is 0 Å². The fourth-order valence-electron chi connectivity index (χ4n) is 4.08. The second-order valence-corrected chi connectivity index (χ2v) is 7.36. The van der Waals surface area contributed by atoms with Gasteiger partial charge in [-0.25, -0.2) is 0 Å². The monoisotopic (exact) mass is 383 g/mol. The van der Waals surface area contributed by atoms with E-state index in [0.29, 0.717) is 5.02 Å². The van der Waals surface area contributed by atoms with Gasteiger partial charge in [0.2, 0.25) is 0 Å². The molecule has 0 fully saturated rings. The third kappa shape index (κ3) is 2.46. The van der Waals surface area contributed by atoms with E-state index in [-0.39, 0.29) is 0 Å². The van der Waals surface area contributed by atoms with E-state index in [2.05, 4.69) is 29.2 Å². The summed E-state index contributed by atoms with van der Waals surface area (Å²) in [5, 5.41) is 12.8. The zero-order valence-corrected chi connectivity index (χ0v) is 15.8. The summed E-state index contributed by atoms with van der Waals surface area (Å²) in [6, 6.07) is 33.7. The van der Waals surface area contributed by atoms with Crippen LogP contribution in [0.3, 0.4) is 0 Å². The summed E-state index contributed by atoms with van der Waals surface area (Å²) in [7, 11) is 0. The van der Waals surface area contributed by atoms with Gasteiger partial charge in [-0.1, -0.05) is 78.3 Å². The number of aliphatic hydroxyl groups is 1. The molecule has 0 aromatic heterocycles. The van der Waals surface area contributed by atoms with E-state index in [1.54, 1.807) is 0 Å². The van der Waals surface area contributed by atoms with Crippen LogP contribution in [0.2, 0.25) is 5.02 Å². The molecule has 0 unspecified atom stereocenters. The van der Waals surface area contributed by atoms with Crippen molar-refractivity contribution in [2.45, 2.75) is 5.60 Å². The molecule has 0 aliphatic carbocycles. The normalized spacial score (nSPS) is 14.3. The van der Waals surface area contributed by atoms with E-state index >= 15 is 0 Å². The molecular formula is C25H18ClNO. The number of hydrogen-bond donors (Lipinski definition) is 1. The molecule has 1 heterocycles. The third-order valence-electron chi connectivity index (χ3n) is 5.35. The lowest BCUT2D eigenvalue weighted by molar-refractivity contribution is 0.125. The number of halogens is 1. The number of para-hydroxylation sites is 3. The van der Waals surface area contributed by atoms with Crippen LogP contribution in [0.5, 0.6) is 0 Å². The van der Waals surface area contributed by atoms with Crippen LogP contribution in [0.1, 0.15) is 16.7 Å². The number of hydrogen-bond acceptors (Lipinski definition) is 2. The average molecular weight is 384 g/mol. The van der Waals surface area contributed by atoms with Crippen molar-refractivity contribution in [2.24, 2.45) is 0 Å². The summed E-state index contributed by atoms with van der Waals surface area (Å²) in [6.07, 6.45) is 0. The molecule has 4 aromatic carbocycles. The minimum atomic E-state index is -1.26. The molecule has 1 aliphatic rings. The Bertz CT molecular complexity index is 1090. The van der Waals surface area contributed by atoms with E-state index in [1.807, 2.05) is 78.9 Å². The van der Waals surface area contributed by atoms with E-state index in [9.17, 15) is 5.11 Å². The molecule has 1 aliphatic heterocycles. The lowest BCUT2D eigenvalue weighted by Crippen LogP contribution is -2.36. The maximum Gasteiger partial charge on any atom is 0.144 e. The Labute approximate surface area is 169 Å². The zero-order valence-electron chi connectivity index (χ0n) is 15.1. The van der Waals surface area contributed by atoms with Gasteiger partial charge in [-0.05, 0) is 42.0 Å². The second-order valence-electron chi connectivity index (χ2n) is 6.92. The minimum Gasteiger partial charge on any atom is -0.376 e. The van der Waals surface area contributed by atoms with Crippen molar-refractivity contribution in [3.8, 4) is 0 Å². The summed E-state index contributed by atoms with van der Waals surface area (Å²) >= 11 is 6.11. The summed E-state index contributed by atoms with van der Waals surface area (Å²) in [5.74, 6) is 0. The second kappa shape index (κ2) is 6.52. The highest BCUT2D eigenvalue weighted by atomic mass is 35.5. The first-order valence-electron chi connectivity index (χ1n) is 9.22. The number of rotatable bonds is 2. The largest absolute Gasteiger partial charge is 0.376 e. The van der Waals surface area contributed by atoms with Crippen LogP contribution in [-0.2, 0) is 5.60 Å². The molecule has 0 amide bonds. The quantitative estimate of drug-likeness (QED) is 0.432. The Balaban J connectivity index is 1.84. The fraction of sp³-hybridized carbons (Fsp3) is 0.0400. The van der Waals surface area contributed by atoms with Gasteiger partial charge in [0.1, 0.15) is 5.60 Å². The standard InChI is InChI=1S/C25H18ClNO/c26-19-16-14-18(15-17-19)25(28)21-10-4-6-12-23(21)27(20-8-2-1-3-9-20)24-13-7-5-11-22(24)25/h1-17,28H. The maximum absolute atomic E-state index is 12.1. The number of anilines is 3. The molecule has 0 atom stereocenters. The van der Waals surface area contributed by atoms with Crippen LogP contribution in [0.25, 0.3) is 0 Å². The van der Waals surface area contributed by atoms with Crippen molar-refractivity contribution in [1.29, 1.82) is 0 Å². The van der Waals surface area contributed by atoms with Gasteiger partial charge in [0.25, 0.3) is 0 Å². The van der Waals surface area contributed by atoms with E-state index in [1.165, 1.54) is 0 Å². The molecule has 1 N–H and O–H groups in total. The highest BCUT2D eigenvalue weighted by molar-refractivity contribution is 6.30. The van der Waals surface area contributed by atoms with Crippen molar-refractivity contribution in [1.82, 2.24) is 0 Å². The molecule has 3 heteroatoms. The topological polar surface area (TPSA) is 23.5 Å². The van der Waals surface area contributed by atoms with Crippen LogP contribution >= 0.6 is 11.6 Å². The van der Waals surface area contributed by atoms with Crippen molar-refractivity contribution in [3.05, 3.63) is 125 Å².